The van der Waals surface area contributed by atoms with Crippen molar-refractivity contribution >= 4 is 11.3 Å². The third-order valence-electron chi connectivity index (χ3n) is 2.91. The number of nitrogens with one attached hydrogen (secondary N) is 1. The predicted molar refractivity (Wildman–Crippen MR) is 74.3 cm³/mol. The van der Waals surface area contributed by atoms with Crippen molar-refractivity contribution in [3.63, 3.8) is 0 Å². The van der Waals surface area contributed by atoms with Crippen molar-refractivity contribution in [3.05, 3.63) is 40.4 Å². The fourth-order valence-corrected chi connectivity index (χ4v) is 3.16. The number of hydrogen-bond acceptors (Lipinski definition) is 3. The Balaban J connectivity index is 2.45. The number of thiazole rings is 1. The zero-order valence-corrected chi connectivity index (χ0v) is 11.9. The Morgan fingerprint density at radius 3 is 2.53 bits per heavy atom. The molecule has 0 aliphatic rings. The van der Waals surface area contributed by atoms with E-state index in [1.807, 2.05) is 20.8 Å². The number of rotatable bonds is 4. The van der Waals surface area contributed by atoms with Gasteiger partial charge in [-0.1, -0.05) is 13.0 Å². The van der Waals surface area contributed by atoms with Crippen LogP contribution >= 0.6 is 11.3 Å². The normalized spacial score (nSPS) is 12.7. The van der Waals surface area contributed by atoms with Gasteiger partial charge in [0.1, 0.15) is 16.6 Å². The summed E-state index contributed by atoms with van der Waals surface area (Å²) in [4.78, 5) is 5.32. The average Bonchev–Trinajstić information content (AvgIpc) is 2.71. The molecule has 1 N–H and O–H groups in total. The van der Waals surface area contributed by atoms with Gasteiger partial charge in [0.15, 0.2) is 0 Å². The number of hydrogen-bond donors (Lipinski definition) is 1. The second-order valence-corrected chi connectivity index (χ2v) is 5.38. The first-order valence-corrected chi connectivity index (χ1v) is 7.01. The lowest BCUT2D eigenvalue weighted by Crippen LogP contribution is -2.17. The van der Waals surface area contributed by atoms with E-state index < -0.39 is 11.6 Å². The summed E-state index contributed by atoms with van der Waals surface area (Å²) in [6.45, 7) is 6.74. The van der Waals surface area contributed by atoms with Crippen LogP contribution in [0.15, 0.2) is 18.2 Å². The zero-order valence-electron chi connectivity index (χ0n) is 11.1. The van der Waals surface area contributed by atoms with E-state index in [-0.39, 0.29) is 11.6 Å². The molecular formula is C14H16F2N2S. The molecule has 5 heteroatoms. The van der Waals surface area contributed by atoms with Gasteiger partial charge in [-0.05, 0) is 32.5 Å². The average molecular weight is 282 g/mol. The van der Waals surface area contributed by atoms with Crippen molar-refractivity contribution < 1.29 is 8.78 Å². The Labute approximate surface area is 115 Å². The van der Waals surface area contributed by atoms with Crippen LogP contribution in [0.3, 0.4) is 0 Å². The van der Waals surface area contributed by atoms with Gasteiger partial charge in [-0.2, -0.15) is 0 Å². The highest BCUT2D eigenvalue weighted by Crippen LogP contribution is 2.34. The Kier molecular flexibility index (Phi) is 4.27. The van der Waals surface area contributed by atoms with Gasteiger partial charge >= 0.3 is 0 Å². The molecule has 0 saturated heterocycles. The van der Waals surface area contributed by atoms with Gasteiger partial charge in [-0.25, -0.2) is 13.8 Å². The molecule has 0 aliphatic heterocycles. The monoisotopic (exact) mass is 282 g/mol. The highest BCUT2D eigenvalue weighted by atomic mass is 32.1. The van der Waals surface area contributed by atoms with Gasteiger partial charge in [0, 0.05) is 10.9 Å². The second-order valence-electron chi connectivity index (χ2n) is 4.34. The summed E-state index contributed by atoms with van der Waals surface area (Å²) in [5, 5.41) is 3.68. The summed E-state index contributed by atoms with van der Waals surface area (Å²) >= 11 is 1.34. The van der Waals surface area contributed by atoms with Crippen LogP contribution < -0.4 is 5.32 Å². The maximum absolute atomic E-state index is 13.7. The molecule has 1 heterocycles. The molecule has 1 atom stereocenters. The van der Waals surface area contributed by atoms with Gasteiger partial charge in [0.25, 0.3) is 0 Å². The Morgan fingerprint density at radius 2 is 1.95 bits per heavy atom. The van der Waals surface area contributed by atoms with Crippen LogP contribution in [0.1, 0.15) is 30.5 Å². The van der Waals surface area contributed by atoms with Gasteiger partial charge in [-0.15, -0.1) is 11.3 Å². The first kappa shape index (κ1) is 14.1. The first-order chi connectivity index (χ1) is 9.04. The molecule has 2 aromatic rings. The molecule has 0 fully saturated rings. The SMILES string of the molecule is CCNC(C)c1sc(-c2c(F)cccc2F)nc1C. The van der Waals surface area contributed by atoms with Crippen molar-refractivity contribution in [1.29, 1.82) is 0 Å². The summed E-state index contributed by atoms with van der Waals surface area (Å²) in [5.41, 5.74) is 0.779. The molecule has 1 aromatic carbocycles. The highest BCUT2D eigenvalue weighted by Gasteiger charge is 2.19. The number of benzene rings is 1. The second kappa shape index (κ2) is 5.75. The third kappa shape index (κ3) is 2.82. The van der Waals surface area contributed by atoms with Crippen molar-refractivity contribution in [3.8, 4) is 10.6 Å². The van der Waals surface area contributed by atoms with Crippen molar-refractivity contribution in [1.82, 2.24) is 10.3 Å². The quantitative estimate of drug-likeness (QED) is 0.914. The van der Waals surface area contributed by atoms with Crippen LogP contribution in [0.4, 0.5) is 8.78 Å². The van der Waals surface area contributed by atoms with Crippen molar-refractivity contribution in [2.75, 3.05) is 6.54 Å². The van der Waals surface area contributed by atoms with Crippen LogP contribution in [-0.2, 0) is 0 Å². The van der Waals surface area contributed by atoms with Crippen LogP contribution in [0.25, 0.3) is 10.6 Å². The summed E-state index contributed by atoms with van der Waals surface area (Å²) in [5.74, 6) is -1.15. The van der Waals surface area contributed by atoms with E-state index in [1.165, 1.54) is 29.5 Å². The Bertz CT molecular complexity index is 561. The zero-order chi connectivity index (χ0) is 14.0. The predicted octanol–water partition coefficient (Wildman–Crippen LogP) is 4.07. The topological polar surface area (TPSA) is 24.9 Å². The summed E-state index contributed by atoms with van der Waals surface area (Å²) in [6.07, 6.45) is 0. The number of nitrogens with zero attached hydrogens (tertiary/aromatic N) is 1. The van der Waals surface area contributed by atoms with E-state index in [1.54, 1.807) is 0 Å². The fraction of sp³-hybridized carbons (Fsp3) is 0.357. The lowest BCUT2D eigenvalue weighted by molar-refractivity contribution is 0.589. The number of aromatic nitrogens is 1. The third-order valence-corrected chi connectivity index (χ3v) is 4.27. The molecule has 0 bridgehead atoms. The van der Waals surface area contributed by atoms with E-state index >= 15 is 0 Å². The molecule has 102 valence electrons. The van der Waals surface area contributed by atoms with E-state index in [2.05, 4.69) is 10.3 Å². The Hall–Kier alpha value is -1.33. The van der Waals surface area contributed by atoms with Crippen LogP contribution in [0.2, 0.25) is 0 Å². The molecule has 1 aromatic heterocycles. The molecule has 1 unspecified atom stereocenters. The minimum atomic E-state index is -0.573. The smallest absolute Gasteiger partial charge is 0.136 e. The maximum Gasteiger partial charge on any atom is 0.136 e. The fourth-order valence-electron chi connectivity index (χ4n) is 2.02. The molecular weight excluding hydrogens is 266 g/mol. The Morgan fingerprint density at radius 1 is 1.32 bits per heavy atom. The summed E-state index contributed by atoms with van der Waals surface area (Å²) in [7, 11) is 0. The van der Waals surface area contributed by atoms with E-state index in [0.717, 1.165) is 17.1 Å². The van der Waals surface area contributed by atoms with Crippen molar-refractivity contribution in [2.24, 2.45) is 0 Å². The lowest BCUT2D eigenvalue weighted by Gasteiger charge is -2.09. The molecule has 0 amide bonds. The summed E-state index contributed by atoms with van der Waals surface area (Å²) in [6, 6.07) is 3.99. The van der Waals surface area contributed by atoms with Gasteiger partial charge in [-0.3, -0.25) is 0 Å². The molecule has 0 aliphatic carbocycles. The standard InChI is InChI=1S/C14H16F2N2S/c1-4-17-8(2)13-9(3)18-14(19-13)12-10(15)6-5-7-11(12)16/h5-8,17H,4H2,1-3H3. The van der Waals surface area contributed by atoms with E-state index in [4.69, 9.17) is 0 Å². The van der Waals surface area contributed by atoms with Gasteiger partial charge in [0.05, 0.1) is 11.3 Å². The highest BCUT2D eigenvalue weighted by molar-refractivity contribution is 7.15. The molecule has 0 spiro atoms. The minimum Gasteiger partial charge on any atom is -0.310 e. The van der Waals surface area contributed by atoms with Crippen LogP contribution in [0.5, 0.6) is 0 Å². The van der Waals surface area contributed by atoms with Crippen LogP contribution in [0, 0.1) is 18.6 Å². The van der Waals surface area contributed by atoms with Crippen molar-refractivity contribution in [2.45, 2.75) is 26.8 Å². The molecule has 19 heavy (non-hydrogen) atoms. The first-order valence-electron chi connectivity index (χ1n) is 6.19. The largest absolute Gasteiger partial charge is 0.310 e. The van der Waals surface area contributed by atoms with E-state index in [9.17, 15) is 8.78 Å². The molecule has 2 nitrogen and oxygen atoms in total. The van der Waals surface area contributed by atoms with Gasteiger partial charge < -0.3 is 5.32 Å². The van der Waals surface area contributed by atoms with Gasteiger partial charge in [0.2, 0.25) is 0 Å². The minimum absolute atomic E-state index is 0.0365. The molecule has 0 saturated carbocycles. The van der Waals surface area contributed by atoms with Crippen LogP contribution in [-0.4, -0.2) is 11.5 Å². The molecule has 2 rings (SSSR count). The molecule has 0 radical (unpaired) electrons. The maximum atomic E-state index is 13.7. The number of halogens is 2. The summed E-state index contributed by atoms with van der Waals surface area (Å²) < 4.78 is 27.5. The van der Waals surface area contributed by atoms with E-state index in [0.29, 0.717) is 5.01 Å². The number of aryl methyl sites for hydroxylation is 1. The lowest BCUT2D eigenvalue weighted by atomic mass is 10.2.